The topological polar surface area (TPSA) is 89.8 Å². The lowest BCUT2D eigenvalue weighted by atomic mass is 9.90. The van der Waals surface area contributed by atoms with Crippen LogP contribution in [0.15, 0.2) is 42.5 Å². The minimum Gasteiger partial charge on any atom is -0.454 e. The molecule has 3 heterocycles. The van der Waals surface area contributed by atoms with Crippen LogP contribution in [0.25, 0.3) is 0 Å². The molecule has 0 amide bonds. The summed E-state index contributed by atoms with van der Waals surface area (Å²) in [4.78, 5) is 30.6. The predicted octanol–water partition coefficient (Wildman–Crippen LogP) is 1.99. The average molecular weight is 460 g/mol. The number of rotatable bonds is 6. The van der Waals surface area contributed by atoms with Crippen LogP contribution in [-0.4, -0.2) is 75.9 Å². The van der Waals surface area contributed by atoms with Crippen LogP contribution in [0.2, 0.25) is 0 Å². The molecule has 0 saturated carbocycles. The molecule has 0 spiro atoms. The first-order chi connectivity index (χ1) is 16.7. The van der Waals surface area contributed by atoms with Crippen molar-refractivity contribution in [1.29, 1.82) is 0 Å². The summed E-state index contributed by atoms with van der Waals surface area (Å²) < 4.78 is 12.5. The van der Waals surface area contributed by atoms with E-state index >= 15 is 0 Å². The van der Waals surface area contributed by atoms with E-state index in [0.717, 1.165) is 57.2 Å². The maximum atomic E-state index is 13.0. The molecule has 0 bridgehead atoms. The molecule has 0 atom stereocenters. The van der Waals surface area contributed by atoms with Crippen molar-refractivity contribution in [2.75, 3.05) is 39.5 Å². The predicted molar refractivity (Wildman–Crippen MR) is 122 cm³/mol. The molecule has 1 saturated heterocycles. The van der Waals surface area contributed by atoms with Crippen molar-refractivity contribution in [1.82, 2.24) is 24.8 Å². The van der Waals surface area contributed by atoms with Gasteiger partial charge in [0.2, 0.25) is 18.4 Å². The number of hydrogen-bond donors (Lipinski definition) is 0. The zero-order chi connectivity index (χ0) is 23.1. The highest BCUT2D eigenvalue weighted by atomic mass is 16.7. The molecule has 0 radical (unpaired) electrons. The maximum Gasteiger partial charge on any atom is 0.231 e. The maximum absolute atomic E-state index is 13.0. The Kier molecular flexibility index (Phi) is 5.35. The van der Waals surface area contributed by atoms with E-state index in [0.29, 0.717) is 30.2 Å². The van der Waals surface area contributed by atoms with Crippen molar-refractivity contribution in [3.8, 4) is 11.5 Å². The normalized spacial score (nSPS) is 17.6. The SMILES string of the molecule is O=C1c2ccccc2C(=O)c2c1nnn2CCCN1CCN(Cc2ccc3c(c2)OCO3)CC1. The van der Waals surface area contributed by atoms with Crippen LogP contribution in [0.5, 0.6) is 11.5 Å². The third-order valence-corrected chi connectivity index (χ3v) is 6.73. The van der Waals surface area contributed by atoms with E-state index in [2.05, 4.69) is 32.2 Å². The highest BCUT2D eigenvalue weighted by Crippen LogP contribution is 2.33. The summed E-state index contributed by atoms with van der Waals surface area (Å²) >= 11 is 0. The minimum absolute atomic E-state index is 0.167. The highest BCUT2D eigenvalue weighted by Gasteiger charge is 2.34. The summed E-state index contributed by atoms with van der Waals surface area (Å²) in [5.41, 5.74) is 2.56. The molecule has 2 aliphatic heterocycles. The Hall–Kier alpha value is -3.56. The van der Waals surface area contributed by atoms with Crippen LogP contribution < -0.4 is 9.47 Å². The van der Waals surface area contributed by atoms with Gasteiger partial charge < -0.3 is 14.4 Å². The summed E-state index contributed by atoms with van der Waals surface area (Å²) in [7, 11) is 0. The Balaban J connectivity index is 1.01. The average Bonchev–Trinajstić information content (AvgIpc) is 3.51. The first-order valence-electron chi connectivity index (χ1n) is 11.6. The summed E-state index contributed by atoms with van der Waals surface area (Å²) in [6.45, 7) is 6.63. The van der Waals surface area contributed by atoms with Crippen molar-refractivity contribution >= 4 is 11.6 Å². The van der Waals surface area contributed by atoms with E-state index in [9.17, 15) is 9.59 Å². The van der Waals surface area contributed by atoms with Crippen LogP contribution in [0.1, 0.15) is 44.1 Å². The lowest BCUT2D eigenvalue weighted by molar-refractivity contribution is 0.0970. The molecule has 6 rings (SSSR count). The van der Waals surface area contributed by atoms with Gasteiger partial charge in [0.1, 0.15) is 5.69 Å². The minimum atomic E-state index is -0.227. The second kappa shape index (κ2) is 8.66. The number of ketones is 2. The van der Waals surface area contributed by atoms with Crippen LogP contribution >= 0.6 is 0 Å². The van der Waals surface area contributed by atoms with Gasteiger partial charge in [0.05, 0.1) is 0 Å². The number of hydrogen-bond acceptors (Lipinski definition) is 8. The molecule has 3 aromatic rings. The second-order valence-corrected chi connectivity index (χ2v) is 8.87. The van der Waals surface area contributed by atoms with Gasteiger partial charge in [0.25, 0.3) is 0 Å². The molecule has 34 heavy (non-hydrogen) atoms. The number of nitrogens with zero attached hydrogens (tertiary/aromatic N) is 5. The fourth-order valence-electron chi connectivity index (χ4n) is 4.89. The van der Waals surface area contributed by atoms with Crippen LogP contribution in [-0.2, 0) is 13.1 Å². The van der Waals surface area contributed by atoms with Gasteiger partial charge in [-0.05, 0) is 24.1 Å². The second-order valence-electron chi connectivity index (χ2n) is 8.87. The lowest BCUT2D eigenvalue weighted by Gasteiger charge is -2.34. The van der Waals surface area contributed by atoms with Crippen molar-refractivity contribution < 1.29 is 19.1 Å². The zero-order valence-electron chi connectivity index (χ0n) is 18.8. The van der Waals surface area contributed by atoms with Gasteiger partial charge >= 0.3 is 0 Å². The first kappa shape index (κ1) is 21.0. The molecule has 1 aliphatic carbocycles. The number of aromatic nitrogens is 3. The Morgan fingerprint density at radius 2 is 1.56 bits per heavy atom. The number of carbonyl (C=O) groups excluding carboxylic acids is 2. The molecule has 1 fully saturated rings. The third-order valence-electron chi connectivity index (χ3n) is 6.73. The van der Waals surface area contributed by atoms with E-state index in [4.69, 9.17) is 9.47 Å². The zero-order valence-corrected chi connectivity index (χ0v) is 18.8. The third kappa shape index (κ3) is 3.76. The molecule has 3 aliphatic rings. The molecule has 0 N–H and O–H groups in total. The first-order valence-corrected chi connectivity index (χ1v) is 11.6. The number of ether oxygens (including phenoxy) is 2. The Morgan fingerprint density at radius 1 is 0.824 bits per heavy atom. The van der Waals surface area contributed by atoms with Crippen molar-refractivity contribution in [3.05, 3.63) is 70.5 Å². The smallest absolute Gasteiger partial charge is 0.231 e. The van der Waals surface area contributed by atoms with Gasteiger partial charge in [-0.3, -0.25) is 14.5 Å². The fourth-order valence-corrected chi connectivity index (χ4v) is 4.89. The number of piperazine rings is 1. The van der Waals surface area contributed by atoms with Crippen LogP contribution in [0.3, 0.4) is 0 Å². The van der Waals surface area contributed by atoms with E-state index in [1.807, 2.05) is 6.07 Å². The number of benzene rings is 2. The molecule has 0 unspecified atom stereocenters. The summed E-state index contributed by atoms with van der Waals surface area (Å²) in [5, 5.41) is 8.16. The largest absolute Gasteiger partial charge is 0.454 e. The number of carbonyl (C=O) groups is 2. The van der Waals surface area contributed by atoms with Crippen molar-refractivity contribution in [2.45, 2.75) is 19.5 Å². The standard InChI is InChI=1S/C25H25N5O4/c31-24-18-4-1-2-5-19(18)25(32)23-22(24)26-27-30(23)9-3-8-28-10-12-29(13-11-28)15-17-6-7-20-21(14-17)34-16-33-20/h1-2,4-7,14H,3,8-13,15-16H2. The highest BCUT2D eigenvalue weighted by molar-refractivity contribution is 6.26. The van der Waals surface area contributed by atoms with E-state index in [-0.39, 0.29) is 17.3 Å². The lowest BCUT2D eigenvalue weighted by Crippen LogP contribution is -2.46. The quantitative estimate of drug-likeness (QED) is 0.433. The van der Waals surface area contributed by atoms with Crippen LogP contribution in [0.4, 0.5) is 0 Å². The van der Waals surface area contributed by atoms with Gasteiger partial charge in [-0.1, -0.05) is 35.5 Å². The molecule has 9 nitrogen and oxygen atoms in total. The Labute approximate surface area is 196 Å². The van der Waals surface area contributed by atoms with Gasteiger partial charge in [0, 0.05) is 56.9 Å². The molecule has 1 aromatic heterocycles. The van der Waals surface area contributed by atoms with Gasteiger partial charge in [-0.25, -0.2) is 4.68 Å². The number of fused-ring (bicyclic) bond motifs is 3. The summed E-state index contributed by atoms with van der Waals surface area (Å²) in [6, 6.07) is 13.0. The van der Waals surface area contributed by atoms with Gasteiger partial charge in [-0.15, -0.1) is 5.10 Å². The molecular weight excluding hydrogens is 434 g/mol. The molecular formula is C25H25N5O4. The summed E-state index contributed by atoms with van der Waals surface area (Å²) in [6.07, 6.45) is 0.834. The Morgan fingerprint density at radius 3 is 2.38 bits per heavy atom. The van der Waals surface area contributed by atoms with E-state index in [1.165, 1.54) is 5.56 Å². The molecule has 9 heteroatoms. The van der Waals surface area contributed by atoms with E-state index < -0.39 is 0 Å². The van der Waals surface area contributed by atoms with Crippen molar-refractivity contribution in [3.63, 3.8) is 0 Å². The summed E-state index contributed by atoms with van der Waals surface area (Å²) in [5.74, 6) is 1.25. The monoisotopic (exact) mass is 459 g/mol. The van der Waals surface area contributed by atoms with Crippen molar-refractivity contribution in [2.24, 2.45) is 0 Å². The van der Waals surface area contributed by atoms with Gasteiger partial charge in [0.15, 0.2) is 17.2 Å². The fraction of sp³-hybridized carbons (Fsp3) is 0.360. The Bertz CT molecular complexity index is 1260. The molecule has 2 aromatic carbocycles. The van der Waals surface area contributed by atoms with Crippen LogP contribution in [0, 0.1) is 0 Å². The number of aryl methyl sites for hydroxylation is 1. The van der Waals surface area contributed by atoms with Gasteiger partial charge in [-0.2, -0.15) is 0 Å². The molecule has 174 valence electrons. The van der Waals surface area contributed by atoms with E-state index in [1.54, 1.807) is 28.9 Å².